The minimum atomic E-state index is -0.440. The Balaban J connectivity index is 0.000000330. The summed E-state index contributed by atoms with van der Waals surface area (Å²) in [6, 6.07) is 0. The van der Waals surface area contributed by atoms with Crippen LogP contribution in [-0.2, 0) is 19.1 Å². The van der Waals surface area contributed by atoms with Crippen LogP contribution in [0.25, 0.3) is 0 Å². The van der Waals surface area contributed by atoms with Gasteiger partial charge in [-0.25, -0.2) is 0 Å². The fourth-order valence-electron chi connectivity index (χ4n) is 0.415. The molecule has 70 valence electrons. The van der Waals surface area contributed by atoms with E-state index in [4.69, 9.17) is 0 Å². The van der Waals surface area contributed by atoms with Crippen molar-refractivity contribution < 1.29 is 19.1 Å². The summed E-state index contributed by atoms with van der Waals surface area (Å²) in [6.07, 6.45) is -0.103. The number of hydrogen-bond acceptors (Lipinski definition) is 4. The first-order valence-corrected chi connectivity index (χ1v) is 3.89. The highest BCUT2D eigenvalue weighted by Crippen LogP contribution is 1.86. The molecule has 1 aliphatic rings. The fraction of sp³-hybridized carbons (Fsp3) is 0.750. The van der Waals surface area contributed by atoms with Gasteiger partial charge in [-0.1, -0.05) is 0 Å². The van der Waals surface area contributed by atoms with Crippen LogP contribution in [0, 0.1) is 0 Å². The molecule has 0 spiro atoms. The number of epoxide rings is 1. The average molecular weight is 174 g/mol. The number of carbonyl (C=O) groups excluding carboxylic acids is 2. The van der Waals surface area contributed by atoms with E-state index in [9.17, 15) is 9.59 Å². The van der Waals surface area contributed by atoms with Gasteiger partial charge in [-0.3, -0.25) is 9.59 Å². The summed E-state index contributed by atoms with van der Waals surface area (Å²) in [7, 11) is 0. The molecule has 0 aromatic heterocycles. The summed E-state index contributed by atoms with van der Waals surface area (Å²) in [5.74, 6) is -0.599. The van der Waals surface area contributed by atoms with Crippen molar-refractivity contribution in [1.82, 2.24) is 0 Å². The molecule has 1 heterocycles. The number of rotatable bonds is 3. The van der Waals surface area contributed by atoms with Gasteiger partial charge in [-0.15, -0.1) is 0 Å². The van der Waals surface area contributed by atoms with Crippen LogP contribution in [0.5, 0.6) is 0 Å². The van der Waals surface area contributed by atoms with Crippen molar-refractivity contribution in [1.29, 1.82) is 0 Å². The van der Waals surface area contributed by atoms with Crippen LogP contribution in [0.2, 0.25) is 0 Å². The van der Waals surface area contributed by atoms with Crippen molar-refractivity contribution in [3.63, 3.8) is 0 Å². The summed E-state index contributed by atoms with van der Waals surface area (Å²) in [6.45, 7) is 5.40. The second-order valence-electron chi connectivity index (χ2n) is 2.30. The lowest BCUT2D eigenvalue weighted by atomic mass is 10.3. The van der Waals surface area contributed by atoms with E-state index < -0.39 is 5.97 Å². The largest absolute Gasteiger partial charge is 0.466 e. The quantitative estimate of drug-likeness (QED) is 0.356. The van der Waals surface area contributed by atoms with Crippen LogP contribution in [0.3, 0.4) is 0 Å². The number of ketones is 1. The van der Waals surface area contributed by atoms with Crippen LogP contribution in [0.1, 0.15) is 20.3 Å². The monoisotopic (exact) mass is 174 g/mol. The van der Waals surface area contributed by atoms with Gasteiger partial charge in [0, 0.05) is 0 Å². The topological polar surface area (TPSA) is 55.9 Å². The maximum atomic E-state index is 10.4. The van der Waals surface area contributed by atoms with Crippen LogP contribution >= 0.6 is 0 Å². The van der Waals surface area contributed by atoms with Gasteiger partial charge < -0.3 is 9.47 Å². The Morgan fingerprint density at radius 1 is 1.42 bits per heavy atom. The molecule has 0 radical (unpaired) electrons. The van der Waals surface area contributed by atoms with E-state index in [0.717, 1.165) is 13.2 Å². The molecule has 4 heteroatoms. The van der Waals surface area contributed by atoms with E-state index in [-0.39, 0.29) is 12.2 Å². The van der Waals surface area contributed by atoms with Crippen molar-refractivity contribution in [2.24, 2.45) is 0 Å². The van der Waals surface area contributed by atoms with E-state index in [1.807, 2.05) is 0 Å². The first kappa shape index (κ1) is 11.1. The molecule has 4 nitrogen and oxygen atoms in total. The smallest absolute Gasteiger partial charge is 0.313 e. The highest BCUT2D eigenvalue weighted by atomic mass is 16.6. The summed E-state index contributed by atoms with van der Waals surface area (Å²) < 4.78 is 8.99. The predicted molar refractivity (Wildman–Crippen MR) is 42.8 cm³/mol. The summed E-state index contributed by atoms with van der Waals surface area (Å²) in [4.78, 5) is 20.6. The van der Waals surface area contributed by atoms with E-state index in [2.05, 4.69) is 9.47 Å². The average Bonchev–Trinajstić information content (AvgIpc) is 2.68. The van der Waals surface area contributed by atoms with Crippen molar-refractivity contribution in [3.05, 3.63) is 0 Å². The first-order chi connectivity index (χ1) is 5.66. The third-order valence-corrected chi connectivity index (χ3v) is 0.903. The van der Waals surface area contributed by atoms with Gasteiger partial charge in [0.15, 0.2) is 0 Å². The standard InChI is InChI=1S/C6H10O3.C2H4O/c1-3-9-6(8)4-5(2)7;1-2-3-1/h3-4H2,1-2H3;1-2H2. The zero-order valence-electron chi connectivity index (χ0n) is 7.46. The molecule has 0 unspecified atom stereocenters. The van der Waals surface area contributed by atoms with Gasteiger partial charge in [0.25, 0.3) is 0 Å². The van der Waals surface area contributed by atoms with Crippen LogP contribution in [0.4, 0.5) is 0 Å². The van der Waals surface area contributed by atoms with Crippen molar-refractivity contribution in [3.8, 4) is 0 Å². The number of esters is 1. The van der Waals surface area contributed by atoms with Crippen molar-refractivity contribution in [2.45, 2.75) is 20.3 Å². The number of ether oxygens (including phenoxy) is 2. The number of Topliss-reactive ketones (excluding diaryl/α,β-unsaturated/α-hetero) is 1. The summed E-state index contributed by atoms with van der Waals surface area (Å²) in [5.41, 5.74) is 0. The fourth-order valence-corrected chi connectivity index (χ4v) is 0.415. The molecule has 0 aromatic carbocycles. The van der Waals surface area contributed by atoms with E-state index >= 15 is 0 Å². The van der Waals surface area contributed by atoms with Gasteiger partial charge in [0.1, 0.15) is 12.2 Å². The molecular formula is C8H14O4. The zero-order chi connectivity index (χ0) is 9.40. The highest BCUT2D eigenvalue weighted by Gasteiger charge is 2.03. The van der Waals surface area contributed by atoms with Gasteiger partial charge in [-0.05, 0) is 13.8 Å². The molecule has 0 bridgehead atoms. The molecule has 0 atom stereocenters. The third-order valence-electron chi connectivity index (χ3n) is 0.903. The van der Waals surface area contributed by atoms with Crippen LogP contribution in [-0.4, -0.2) is 31.6 Å². The molecule has 0 N–H and O–H groups in total. The third kappa shape index (κ3) is 11.8. The first-order valence-electron chi connectivity index (χ1n) is 3.89. The Hall–Kier alpha value is -0.900. The maximum Gasteiger partial charge on any atom is 0.313 e. The molecule has 1 aliphatic heterocycles. The van der Waals surface area contributed by atoms with Gasteiger partial charge >= 0.3 is 5.97 Å². The van der Waals surface area contributed by atoms with Gasteiger partial charge in [0.2, 0.25) is 0 Å². The Morgan fingerprint density at radius 2 is 1.92 bits per heavy atom. The molecule has 12 heavy (non-hydrogen) atoms. The van der Waals surface area contributed by atoms with Gasteiger partial charge in [-0.2, -0.15) is 0 Å². The van der Waals surface area contributed by atoms with E-state index in [0.29, 0.717) is 6.61 Å². The lowest BCUT2D eigenvalue weighted by molar-refractivity contribution is -0.145. The Morgan fingerprint density at radius 3 is 2.17 bits per heavy atom. The lowest BCUT2D eigenvalue weighted by Crippen LogP contribution is -2.07. The zero-order valence-corrected chi connectivity index (χ0v) is 7.46. The minimum Gasteiger partial charge on any atom is -0.466 e. The summed E-state index contributed by atoms with van der Waals surface area (Å²) >= 11 is 0. The molecule has 0 aromatic rings. The normalized spacial score (nSPS) is 12.5. The molecule has 0 aliphatic carbocycles. The Bertz CT molecular complexity index is 148. The van der Waals surface area contributed by atoms with Crippen molar-refractivity contribution in [2.75, 3.05) is 19.8 Å². The molecule has 1 saturated heterocycles. The van der Waals surface area contributed by atoms with Gasteiger partial charge in [0.05, 0.1) is 19.8 Å². The SMILES string of the molecule is C1CO1.CCOC(=O)CC(C)=O. The van der Waals surface area contributed by atoms with Crippen LogP contribution in [0.15, 0.2) is 0 Å². The van der Waals surface area contributed by atoms with Crippen LogP contribution < -0.4 is 0 Å². The maximum absolute atomic E-state index is 10.4. The highest BCUT2D eigenvalue weighted by molar-refractivity contribution is 5.94. The second-order valence-corrected chi connectivity index (χ2v) is 2.30. The molecular weight excluding hydrogens is 160 g/mol. The second kappa shape index (κ2) is 6.79. The number of hydrogen-bond donors (Lipinski definition) is 0. The molecule has 1 fully saturated rings. The Labute approximate surface area is 71.8 Å². The lowest BCUT2D eigenvalue weighted by Gasteiger charge is -1.96. The molecule has 0 saturated carbocycles. The van der Waals surface area contributed by atoms with E-state index in [1.165, 1.54) is 6.92 Å². The minimum absolute atomic E-state index is 0.103. The predicted octanol–water partition coefficient (Wildman–Crippen LogP) is 0.545. The summed E-state index contributed by atoms with van der Waals surface area (Å²) in [5, 5.41) is 0. The number of carbonyl (C=O) groups is 2. The van der Waals surface area contributed by atoms with Crippen molar-refractivity contribution >= 4 is 11.8 Å². The molecule has 1 rings (SSSR count). The Kier molecular flexibility index (Phi) is 6.28. The molecule has 0 amide bonds. The van der Waals surface area contributed by atoms with E-state index in [1.54, 1.807) is 6.92 Å².